The smallest absolute Gasteiger partial charge is 0.289 e. The molecule has 0 atom stereocenters. The summed E-state index contributed by atoms with van der Waals surface area (Å²) in [5, 5.41) is -0.102. The molecule has 0 spiro atoms. The number of methoxy groups -OCH3 is 1. The molecule has 1 aliphatic carbocycles. The number of carbonyl (C=O) groups is 2. The maximum Gasteiger partial charge on any atom is 0.289 e. The Morgan fingerprint density at radius 3 is 2.33 bits per heavy atom. The molecule has 172 valence electrons. The van der Waals surface area contributed by atoms with E-state index in [0.29, 0.717) is 0 Å². The Balaban J connectivity index is 1.47. The van der Waals surface area contributed by atoms with Crippen molar-refractivity contribution in [3.63, 3.8) is 0 Å². The Labute approximate surface area is 186 Å². The van der Waals surface area contributed by atoms with Crippen LogP contribution in [0.4, 0.5) is 8.78 Å². The Morgan fingerprint density at radius 2 is 1.76 bits per heavy atom. The summed E-state index contributed by atoms with van der Waals surface area (Å²) in [5.74, 6) is -3.29. The summed E-state index contributed by atoms with van der Waals surface area (Å²) in [4.78, 5) is 42.0. The largest absolute Gasteiger partial charge is 0.491 e. The van der Waals surface area contributed by atoms with Crippen molar-refractivity contribution in [2.45, 2.75) is 18.9 Å². The molecule has 2 fully saturated rings. The fourth-order valence-corrected chi connectivity index (χ4v) is 4.25. The third-order valence-electron chi connectivity index (χ3n) is 6.13. The van der Waals surface area contributed by atoms with Gasteiger partial charge in [-0.3, -0.25) is 14.4 Å². The first-order chi connectivity index (χ1) is 15.9. The Bertz CT molecular complexity index is 1310. The van der Waals surface area contributed by atoms with Gasteiger partial charge in [-0.25, -0.2) is 4.39 Å². The lowest BCUT2D eigenvalue weighted by molar-refractivity contribution is 0.0517. The second-order valence-corrected chi connectivity index (χ2v) is 8.17. The number of aromatic nitrogens is 1. The van der Waals surface area contributed by atoms with Crippen LogP contribution in [0.25, 0.3) is 10.9 Å². The lowest BCUT2D eigenvalue weighted by atomic mass is 10.1. The summed E-state index contributed by atoms with van der Waals surface area (Å²) in [7, 11) is 1.21. The van der Waals surface area contributed by atoms with Gasteiger partial charge in [-0.15, -0.1) is 0 Å². The van der Waals surface area contributed by atoms with Crippen molar-refractivity contribution in [2.24, 2.45) is 0 Å². The van der Waals surface area contributed by atoms with Gasteiger partial charge in [0.15, 0.2) is 17.3 Å². The number of furan rings is 1. The molecule has 0 bridgehead atoms. The third-order valence-corrected chi connectivity index (χ3v) is 6.13. The predicted molar refractivity (Wildman–Crippen MR) is 113 cm³/mol. The van der Waals surface area contributed by atoms with Crippen molar-refractivity contribution in [3.8, 4) is 5.75 Å². The highest BCUT2D eigenvalue weighted by molar-refractivity contribution is 5.99. The van der Waals surface area contributed by atoms with Crippen LogP contribution in [0.3, 0.4) is 0 Å². The number of hydrogen-bond acceptors (Lipinski definition) is 5. The molecule has 8 nitrogen and oxygen atoms in total. The summed E-state index contributed by atoms with van der Waals surface area (Å²) in [6, 6.07) is 4.00. The first-order valence-electron chi connectivity index (χ1n) is 10.6. The van der Waals surface area contributed by atoms with E-state index in [0.717, 1.165) is 18.9 Å². The third kappa shape index (κ3) is 3.55. The van der Waals surface area contributed by atoms with Gasteiger partial charge in [-0.1, -0.05) is 0 Å². The molecule has 2 amide bonds. The second kappa shape index (κ2) is 8.02. The Hall–Kier alpha value is -3.69. The van der Waals surface area contributed by atoms with E-state index >= 15 is 0 Å². The van der Waals surface area contributed by atoms with Crippen LogP contribution in [0.1, 0.15) is 39.8 Å². The van der Waals surface area contributed by atoms with Crippen molar-refractivity contribution < 1.29 is 27.5 Å². The molecule has 0 unspecified atom stereocenters. The number of rotatable bonds is 4. The number of fused-ring (bicyclic) bond motifs is 1. The summed E-state index contributed by atoms with van der Waals surface area (Å²) in [6.07, 6.45) is 4.43. The zero-order valence-electron chi connectivity index (χ0n) is 17.8. The fourth-order valence-electron chi connectivity index (χ4n) is 4.25. The highest BCUT2D eigenvalue weighted by Gasteiger charge is 2.32. The monoisotopic (exact) mass is 457 g/mol. The number of hydrogen-bond donors (Lipinski definition) is 0. The molecule has 1 aliphatic heterocycles. The molecule has 2 aliphatic rings. The maximum absolute atomic E-state index is 14.4. The number of carbonyl (C=O) groups excluding carboxylic acids is 2. The Kier molecular flexibility index (Phi) is 5.15. The van der Waals surface area contributed by atoms with E-state index in [1.54, 1.807) is 21.6 Å². The average Bonchev–Trinajstić information content (AvgIpc) is 3.52. The number of nitrogens with zero attached hydrogens (tertiary/aromatic N) is 3. The van der Waals surface area contributed by atoms with Gasteiger partial charge in [0, 0.05) is 38.4 Å². The molecule has 0 radical (unpaired) electrons. The number of ether oxygens (including phenoxy) is 1. The number of amides is 2. The molecule has 5 rings (SSSR count). The lowest BCUT2D eigenvalue weighted by Crippen LogP contribution is -2.51. The molecule has 1 saturated carbocycles. The minimum absolute atomic E-state index is 0.0267. The number of piperazine rings is 1. The first-order valence-corrected chi connectivity index (χ1v) is 10.6. The van der Waals surface area contributed by atoms with Gasteiger partial charge in [-0.2, -0.15) is 4.39 Å². The van der Waals surface area contributed by atoms with E-state index in [1.165, 1.54) is 24.5 Å². The fraction of sp³-hybridized carbons (Fsp3) is 0.348. The second-order valence-electron chi connectivity index (χ2n) is 8.17. The van der Waals surface area contributed by atoms with Gasteiger partial charge in [0.25, 0.3) is 11.8 Å². The van der Waals surface area contributed by atoms with E-state index in [4.69, 9.17) is 9.15 Å². The lowest BCUT2D eigenvalue weighted by Gasteiger charge is -2.34. The average molecular weight is 457 g/mol. The summed E-state index contributed by atoms with van der Waals surface area (Å²) < 4.78 is 40.4. The molecule has 33 heavy (non-hydrogen) atoms. The summed E-state index contributed by atoms with van der Waals surface area (Å²) in [6.45, 7) is 1.02. The standard InChI is InChI=1S/C23H21F2N3O5/c1-32-21-18(25)16(24)11-14-19(21)28(13-4-5-13)12-15(20(14)29)22(30)26-6-8-27(9-7-26)23(31)17-3-2-10-33-17/h2-3,10-13H,4-9H2,1H3. The van der Waals surface area contributed by atoms with Crippen LogP contribution in [0.5, 0.6) is 5.75 Å². The van der Waals surface area contributed by atoms with Crippen LogP contribution in [-0.4, -0.2) is 59.5 Å². The minimum atomic E-state index is -1.21. The van der Waals surface area contributed by atoms with Gasteiger partial charge >= 0.3 is 0 Å². The van der Waals surface area contributed by atoms with Crippen molar-refractivity contribution >= 4 is 22.7 Å². The Morgan fingerprint density at radius 1 is 1.09 bits per heavy atom. The molecule has 1 aromatic carbocycles. The van der Waals surface area contributed by atoms with E-state index < -0.39 is 23.0 Å². The van der Waals surface area contributed by atoms with Crippen LogP contribution in [0.15, 0.2) is 39.9 Å². The molecule has 3 aromatic rings. The molecule has 2 aromatic heterocycles. The normalized spacial score (nSPS) is 16.3. The van der Waals surface area contributed by atoms with E-state index in [-0.39, 0.29) is 66.1 Å². The summed E-state index contributed by atoms with van der Waals surface area (Å²) in [5.41, 5.74) is -0.652. The topological polar surface area (TPSA) is 85.0 Å². The van der Waals surface area contributed by atoms with Crippen molar-refractivity contribution in [2.75, 3.05) is 33.3 Å². The minimum Gasteiger partial charge on any atom is -0.491 e. The van der Waals surface area contributed by atoms with E-state index in [1.807, 2.05) is 0 Å². The van der Waals surface area contributed by atoms with Gasteiger partial charge in [0.2, 0.25) is 11.2 Å². The zero-order valence-corrected chi connectivity index (χ0v) is 17.8. The van der Waals surface area contributed by atoms with Crippen molar-refractivity contribution in [1.82, 2.24) is 14.4 Å². The van der Waals surface area contributed by atoms with Gasteiger partial charge in [0.1, 0.15) is 5.56 Å². The molecular weight excluding hydrogens is 436 g/mol. The van der Waals surface area contributed by atoms with Crippen LogP contribution < -0.4 is 10.2 Å². The first kappa shape index (κ1) is 21.2. The van der Waals surface area contributed by atoms with Crippen molar-refractivity contribution in [1.29, 1.82) is 0 Å². The molecular formula is C23H21F2N3O5. The quantitative estimate of drug-likeness (QED) is 0.602. The molecule has 3 heterocycles. The number of pyridine rings is 1. The van der Waals surface area contributed by atoms with Crippen LogP contribution in [-0.2, 0) is 0 Å². The van der Waals surface area contributed by atoms with Gasteiger partial charge in [0.05, 0.1) is 24.3 Å². The van der Waals surface area contributed by atoms with E-state index in [2.05, 4.69) is 0 Å². The molecule has 0 N–H and O–H groups in total. The molecule has 1 saturated heterocycles. The highest BCUT2D eigenvalue weighted by atomic mass is 19.2. The van der Waals surface area contributed by atoms with Crippen LogP contribution in [0.2, 0.25) is 0 Å². The van der Waals surface area contributed by atoms with Crippen molar-refractivity contribution in [3.05, 3.63) is 63.8 Å². The highest BCUT2D eigenvalue weighted by Crippen LogP contribution is 2.40. The summed E-state index contributed by atoms with van der Waals surface area (Å²) >= 11 is 0. The number of benzene rings is 1. The van der Waals surface area contributed by atoms with Crippen LogP contribution in [0, 0.1) is 11.6 Å². The number of halogens is 2. The molecule has 10 heteroatoms. The van der Waals surface area contributed by atoms with Crippen LogP contribution >= 0.6 is 0 Å². The van der Waals surface area contributed by atoms with Gasteiger partial charge < -0.3 is 23.5 Å². The maximum atomic E-state index is 14.4. The van der Waals surface area contributed by atoms with Gasteiger partial charge in [-0.05, 0) is 31.0 Å². The SMILES string of the molecule is COc1c(F)c(F)cc2c(=O)c(C(=O)N3CCN(C(=O)c4ccco4)CC3)cn(C3CC3)c12. The van der Waals surface area contributed by atoms with E-state index in [9.17, 15) is 23.2 Å². The zero-order chi connectivity index (χ0) is 23.3. The predicted octanol–water partition coefficient (Wildman–Crippen LogP) is 2.81.